The van der Waals surface area contributed by atoms with E-state index >= 15 is 0 Å². The third kappa shape index (κ3) is 3.13. The molecule has 0 bridgehead atoms. The Labute approximate surface area is 141 Å². The topological polar surface area (TPSA) is 84.6 Å². The van der Waals surface area contributed by atoms with Gasteiger partial charge in [-0.3, -0.25) is 4.79 Å². The van der Waals surface area contributed by atoms with Crippen LogP contribution in [0.2, 0.25) is 0 Å². The van der Waals surface area contributed by atoms with E-state index in [4.69, 9.17) is 10.5 Å². The Morgan fingerprint density at radius 2 is 1.96 bits per heavy atom. The molecule has 4 N–H and O–H groups in total. The Morgan fingerprint density at radius 3 is 2.71 bits per heavy atom. The molecule has 1 aliphatic rings. The summed E-state index contributed by atoms with van der Waals surface area (Å²) in [7, 11) is 0. The number of carbonyl (C=O) groups is 1. The van der Waals surface area contributed by atoms with E-state index in [0.29, 0.717) is 35.2 Å². The maximum absolute atomic E-state index is 12.5. The number of rotatable bonds is 6. The standard InChI is InChI=1S/C19H22N2O3/c1-11(2)21-9-13(22)10-24-17-5-3-4-15-18(17)14-7-6-12(20)8-16(14)19(15)23/h3-8,11,13,21-22H,9-10,20H2,1-2H3. The van der Waals surface area contributed by atoms with Crippen LogP contribution >= 0.6 is 0 Å². The summed E-state index contributed by atoms with van der Waals surface area (Å²) < 4.78 is 5.80. The van der Waals surface area contributed by atoms with Crippen LogP contribution in [0.3, 0.4) is 0 Å². The average molecular weight is 326 g/mol. The Hall–Kier alpha value is -2.37. The number of anilines is 1. The third-order valence-electron chi connectivity index (χ3n) is 4.02. The number of ketones is 1. The van der Waals surface area contributed by atoms with Gasteiger partial charge in [-0.1, -0.05) is 32.0 Å². The molecule has 0 aliphatic heterocycles. The van der Waals surface area contributed by atoms with Crippen LogP contribution in [0.25, 0.3) is 11.1 Å². The number of nitrogen functional groups attached to an aromatic ring is 1. The molecular weight excluding hydrogens is 304 g/mol. The zero-order valence-electron chi connectivity index (χ0n) is 13.9. The number of hydrogen-bond acceptors (Lipinski definition) is 5. The van der Waals surface area contributed by atoms with Crippen LogP contribution in [0.4, 0.5) is 5.69 Å². The molecule has 0 saturated heterocycles. The van der Waals surface area contributed by atoms with Gasteiger partial charge in [0.05, 0.1) is 0 Å². The van der Waals surface area contributed by atoms with E-state index in [1.54, 1.807) is 24.3 Å². The lowest BCUT2D eigenvalue weighted by Crippen LogP contribution is -2.35. The first-order valence-electron chi connectivity index (χ1n) is 8.09. The van der Waals surface area contributed by atoms with Gasteiger partial charge in [0.15, 0.2) is 5.78 Å². The summed E-state index contributed by atoms with van der Waals surface area (Å²) in [6.45, 7) is 4.66. The summed E-state index contributed by atoms with van der Waals surface area (Å²) in [5, 5.41) is 13.2. The molecule has 0 saturated carbocycles. The zero-order valence-corrected chi connectivity index (χ0v) is 13.9. The summed E-state index contributed by atoms with van der Waals surface area (Å²) in [5.41, 5.74) is 9.18. The number of aliphatic hydroxyl groups excluding tert-OH is 1. The smallest absolute Gasteiger partial charge is 0.194 e. The minimum Gasteiger partial charge on any atom is -0.490 e. The highest BCUT2D eigenvalue weighted by molar-refractivity contribution is 6.23. The van der Waals surface area contributed by atoms with Gasteiger partial charge in [0.25, 0.3) is 0 Å². The summed E-state index contributed by atoms with van der Waals surface area (Å²) in [6, 6.07) is 11.0. The molecule has 1 unspecified atom stereocenters. The van der Waals surface area contributed by atoms with Crippen LogP contribution in [0.15, 0.2) is 36.4 Å². The molecule has 2 aromatic carbocycles. The molecule has 126 valence electrons. The fourth-order valence-corrected chi connectivity index (χ4v) is 2.85. The van der Waals surface area contributed by atoms with Crippen LogP contribution in [0.5, 0.6) is 5.75 Å². The molecule has 0 heterocycles. The lowest BCUT2D eigenvalue weighted by Gasteiger charge is -2.16. The van der Waals surface area contributed by atoms with Gasteiger partial charge in [0.2, 0.25) is 0 Å². The lowest BCUT2D eigenvalue weighted by molar-refractivity contribution is 0.103. The van der Waals surface area contributed by atoms with Crippen molar-refractivity contribution >= 4 is 11.5 Å². The van der Waals surface area contributed by atoms with Crippen LogP contribution < -0.4 is 15.8 Å². The van der Waals surface area contributed by atoms with Gasteiger partial charge in [0, 0.05) is 35.0 Å². The Bertz CT molecular complexity index is 771. The van der Waals surface area contributed by atoms with Crippen LogP contribution in [0, 0.1) is 0 Å². The van der Waals surface area contributed by atoms with Crippen molar-refractivity contribution in [3.63, 3.8) is 0 Å². The number of nitrogens with one attached hydrogen (secondary N) is 1. The van der Waals surface area contributed by atoms with Crippen molar-refractivity contribution in [2.75, 3.05) is 18.9 Å². The SMILES string of the molecule is CC(C)NCC(O)COc1cccc2c1-c1ccc(N)cc1C2=O. The monoisotopic (exact) mass is 326 g/mol. The highest BCUT2D eigenvalue weighted by Gasteiger charge is 2.29. The molecule has 5 nitrogen and oxygen atoms in total. The summed E-state index contributed by atoms with van der Waals surface area (Å²) in [4.78, 5) is 12.5. The van der Waals surface area contributed by atoms with Crippen molar-refractivity contribution in [3.8, 4) is 16.9 Å². The van der Waals surface area contributed by atoms with Crippen LogP contribution in [-0.4, -0.2) is 36.2 Å². The Kier molecular flexibility index (Phi) is 4.55. The highest BCUT2D eigenvalue weighted by atomic mass is 16.5. The van der Waals surface area contributed by atoms with E-state index in [0.717, 1.165) is 11.1 Å². The first kappa shape index (κ1) is 16.5. The third-order valence-corrected chi connectivity index (χ3v) is 4.02. The van der Waals surface area contributed by atoms with Gasteiger partial charge < -0.3 is 20.9 Å². The number of benzene rings is 2. The van der Waals surface area contributed by atoms with Crippen molar-refractivity contribution in [3.05, 3.63) is 47.5 Å². The molecule has 0 radical (unpaired) electrons. The molecular formula is C19H22N2O3. The van der Waals surface area contributed by atoms with E-state index in [2.05, 4.69) is 5.32 Å². The van der Waals surface area contributed by atoms with E-state index in [1.165, 1.54) is 0 Å². The van der Waals surface area contributed by atoms with E-state index in [-0.39, 0.29) is 12.4 Å². The van der Waals surface area contributed by atoms with Gasteiger partial charge >= 0.3 is 0 Å². The zero-order chi connectivity index (χ0) is 17.3. The minimum atomic E-state index is -0.619. The van der Waals surface area contributed by atoms with Crippen molar-refractivity contribution in [1.82, 2.24) is 5.32 Å². The Morgan fingerprint density at radius 1 is 1.17 bits per heavy atom. The molecule has 0 amide bonds. The summed E-state index contributed by atoms with van der Waals surface area (Å²) in [5.74, 6) is 0.563. The van der Waals surface area contributed by atoms with Crippen molar-refractivity contribution < 1.29 is 14.6 Å². The molecule has 24 heavy (non-hydrogen) atoms. The lowest BCUT2D eigenvalue weighted by atomic mass is 10.0. The highest BCUT2D eigenvalue weighted by Crippen LogP contribution is 2.43. The second-order valence-corrected chi connectivity index (χ2v) is 6.34. The molecule has 0 spiro atoms. The molecule has 5 heteroatoms. The number of fused-ring (bicyclic) bond motifs is 3. The number of nitrogens with two attached hydrogens (primary N) is 1. The molecule has 0 aromatic heterocycles. The Balaban J connectivity index is 1.83. The number of aliphatic hydroxyl groups is 1. The largest absolute Gasteiger partial charge is 0.490 e. The fraction of sp³-hybridized carbons (Fsp3) is 0.316. The quantitative estimate of drug-likeness (QED) is 0.605. The van der Waals surface area contributed by atoms with E-state index < -0.39 is 6.10 Å². The summed E-state index contributed by atoms with van der Waals surface area (Å²) >= 11 is 0. The van der Waals surface area contributed by atoms with Gasteiger partial charge in [-0.25, -0.2) is 0 Å². The van der Waals surface area contributed by atoms with Gasteiger partial charge in [-0.2, -0.15) is 0 Å². The molecule has 3 rings (SSSR count). The summed E-state index contributed by atoms with van der Waals surface area (Å²) in [6.07, 6.45) is -0.619. The normalized spacial score (nSPS) is 13.8. The second kappa shape index (κ2) is 6.63. The number of ether oxygens (including phenoxy) is 1. The van der Waals surface area contributed by atoms with Crippen molar-refractivity contribution in [2.45, 2.75) is 26.0 Å². The molecule has 1 atom stereocenters. The first-order chi connectivity index (χ1) is 11.5. The number of carbonyl (C=O) groups excluding carboxylic acids is 1. The van der Waals surface area contributed by atoms with Gasteiger partial charge in [-0.15, -0.1) is 0 Å². The first-order valence-corrected chi connectivity index (χ1v) is 8.09. The molecule has 1 aliphatic carbocycles. The van der Waals surface area contributed by atoms with Gasteiger partial charge in [-0.05, 0) is 23.8 Å². The fourth-order valence-electron chi connectivity index (χ4n) is 2.85. The molecule has 2 aromatic rings. The predicted molar refractivity (Wildman–Crippen MR) is 94.4 cm³/mol. The van der Waals surface area contributed by atoms with E-state index in [1.807, 2.05) is 26.0 Å². The maximum atomic E-state index is 12.5. The average Bonchev–Trinajstić information content (AvgIpc) is 2.84. The number of hydrogen-bond donors (Lipinski definition) is 3. The van der Waals surface area contributed by atoms with Crippen LogP contribution in [-0.2, 0) is 0 Å². The van der Waals surface area contributed by atoms with Gasteiger partial charge in [0.1, 0.15) is 18.5 Å². The maximum Gasteiger partial charge on any atom is 0.194 e. The van der Waals surface area contributed by atoms with Crippen molar-refractivity contribution in [2.24, 2.45) is 0 Å². The van der Waals surface area contributed by atoms with E-state index in [9.17, 15) is 9.90 Å². The van der Waals surface area contributed by atoms with Crippen LogP contribution in [0.1, 0.15) is 29.8 Å². The minimum absolute atomic E-state index is 0.0419. The molecule has 0 fully saturated rings. The second-order valence-electron chi connectivity index (χ2n) is 6.34. The predicted octanol–water partition coefficient (Wildman–Crippen LogP) is 2.22. The van der Waals surface area contributed by atoms with Crippen molar-refractivity contribution in [1.29, 1.82) is 0 Å².